The van der Waals surface area contributed by atoms with Crippen molar-refractivity contribution in [3.8, 4) is 11.5 Å². The quantitative estimate of drug-likeness (QED) is 0.621. The molecule has 2 aromatic carbocycles. The lowest BCUT2D eigenvalue weighted by molar-refractivity contribution is 0.0751. The zero-order chi connectivity index (χ0) is 23.2. The van der Waals surface area contributed by atoms with Crippen molar-refractivity contribution in [3.05, 3.63) is 83.7 Å². The van der Waals surface area contributed by atoms with Crippen LogP contribution in [-0.4, -0.2) is 48.3 Å². The van der Waals surface area contributed by atoms with Crippen molar-refractivity contribution in [1.29, 1.82) is 0 Å². The molecule has 0 saturated carbocycles. The normalized spacial score (nSPS) is 13.2. The largest absolute Gasteiger partial charge is 0.493 e. The lowest BCUT2D eigenvalue weighted by atomic mass is 10.0. The molecular formula is C25H24N4O4. The van der Waals surface area contributed by atoms with E-state index in [-0.39, 0.29) is 11.8 Å². The fourth-order valence-corrected chi connectivity index (χ4v) is 3.59. The number of anilines is 1. The van der Waals surface area contributed by atoms with Crippen LogP contribution in [0.25, 0.3) is 0 Å². The second-order valence-corrected chi connectivity index (χ2v) is 7.42. The van der Waals surface area contributed by atoms with E-state index in [0.717, 1.165) is 24.1 Å². The van der Waals surface area contributed by atoms with Crippen molar-refractivity contribution in [2.45, 2.75) is 12.8 Å². The van der Waals surface area contributed by atoms with Crippen molar-refractivity contribution in [2.24, 2.45) is 5.10 Å². The predicted octanol–water partition coefficient (Wildman–Crippen LogP) is 3.99. The Labute approximate surface area is 191 Å². The Kier molecular flexibility index (Phi) is 6.64. The molecule has 0 spiro atoms. The Morgan fingerprint density at radius 2 is 1.79 bits per heavy atom. The molecule has 3 aromatic rings. The van der Waals surface area contributed by atoms with Crippen molar-refractivity contribution < 1.29 is 19.1 Å². The predicted molar refractivity (Wildman–Crippen MR) is 125 cm³/mol. The van der Waals surface area contributed by atoms with Gasteiger partial charge in [0, 0.05) is 35.8 Å². The van der Waals surface area contributed by atoms with Crippen molar-refractivity contribution >= 4 is 23.2 Å². The zero-order valence-electron chi connectivity index (χ0n) is 18.4. The van der Waals surface area contributed by atoms with Gasteiger partial charge in [-0.15, -0.1) is 0 Å². The highest BCUT2D eigenvalue weighted by atomic mass is 16.5. The number of carbonyl (C=O) groups excluding carboxylic acids is 2. The summed E-state index contributed by atoms with van der Waals surface area (Å²) >= 11 is 0. The van der Waals surface area contributed by atoms with Crippen LogP contribution in [0.2, 0.25) is 0 Å². The van der Waals surface area contributed by atoms with Crippen LogP contribution in [0.1, 0.15) is 39.1 Å². The van der Waals surface area contributed by atoms with Gasteiger partial charge in [0.05, 0.1) is 25.5 Å². The Bertz CT molecular complexity index is 1190. The van der Waals surface area contributed by atoms with Crippen LogP contribution in [0.3, 0.4) is 0 Å². The molecule has 0 atom stereocenters. The number of carbonyl (C=O) groups is 2. The van der Waals surface area contributed by atoms with Gasteiger partial charge in [-0.25, -0.2) is 5.01 Å². The van der Waals surface area contributed by atoms with Crippen LogP contribution >= 0.6 is 0 Å². The topological polar surface area (TPSA) is 93.1 Å². The Hall–Kier alpha value is -4.20. The van der Waals surface area contributed by atoms with E-state index in [9.17, 15) is 9.59 Å². The van der Waals surface area contributed by atoms with E-state index in [1.807, 2.05) is 18.2 Å². The van der Waals surface area contributed by atoms with Crippen LogP contribution in [0.15, 0.2) is 72.1 Å². The Morgan fingerprint density at radius 1 is 0.970 bits per heavy atom. The minimum Gasteiger partial charge on any atom is -0.493 e. The highest BCUT2D eigenvalue weighted by molar-refractivity contribution is 6.05. The number of nitrogens with zero attached hydrogens (tertiary/aromatic N) is 3. The number of amides is 2. The standard InChI is InChI=1S/C25H24N4O4/c1-32-22-11-10-17(15-23(22)33-2)21-9-5-13-29(28-21)25(31)18-6-3-8-20(14-18)27-24(30)19-7-4-12-26-16-19/h3-4,6-8,10-12,14-16H,5,9,13H2,1-2H3,(H,27,30). The van der Waals surface area contributed by atoms with Gasteiger partial charge in [0.15, 0.2) is 11.5 Å². The number of hydrogen-bond acceptors (Lipinski definition) is 6. The number of benzene rings is 2. The third-order valence-corrected chi connectivity index (χ3v) is 5.27. The monoisotopic (exact) mass is 444 g/mol. The first-order valence-electron chi connectivity index (χ1n) is 10.5. The molecule has 1 aliphatic heterocycles. The van der Waals surface area contributed by atoms with Crippen molar-refractivity contribution in [1.82, 2.24) is 9.99 Å². The van der Waals surface area contributed by atoms with E-state index < -0.39 is 0 Å². The summed E-state index contributed by atoms with van der Waals surface area (Å²) in [7, 11) is 3.17. The Balaban J connectivity index is 1.53. The van der Waals surface area contributed by atoms with Crippen LogP contribution in [0.5, 0.6) is 11.5 Å². The lowest BCUT2D eigenvalue weighted by Crippen LogP contribution is -2.32. The molecule has 1 aromatic heterocycles. The molecule has 0 unspecified atom stereocenters. The average molecular weight is 444 g/mol. The van der Waals surface area contributed by atoms with Gasteiger partial charge in [0.2, 0.25) is 0 Å². The number of pyridine rings is 1. The SMILES string of the molecule is COc1ccc(C2=NN(C(=O)c3cccc(NC(=O)c4cccnc4)c3)CCC2)cc1OC. The summed E-state index contributed by atoms with van der Waals surface area (Å²) in [5.41, 5.74) is 3.08. The van der Waals surface area contributed by atoms with Gasteiger partial charge in [-0.1, -0.05) is 6.07 Å². The van der Waals surface area contributed by atoms with Crippen molar-refractivity contribution in [3.63, 3.8) is 0 Å². The number of nitrogens with one attached hydrogen (secondary N) is 1. The molecule has 8 nitrogen and oxygen atoms in total. The van der Waals surface area contributed by atoms with Crippen LogP contribution in [0, 0.1) is 0 Å². The molecule has 2 heterocycles. The summed E-state index contributed by atoms with van der Waals surface area (Å²) in [5, 5.41) is 8.88. The lowest BCUT2D eigenvalue weighted by Gasteiger charge is -2.24. The van der Waals surface area contributed by atoms with Gasteiger partial charge in [-0.3, -0.25) is 14.6 Å². The average Bonchev–Trinajstić information content (AvgIpc) is 2.88. The second-order valence-electron chi connectivity index (χ2n) is 7.42. The van der Waals surface area contributed by atoms with Gasteiger partial charge in [0.1, 0.15) is 0 Å². The van der Waals surface area contributed by atoms with Gasteiger partial charge in [-0.05, 0) is 61.4 Å². The number of ether oxygens (including phenoxy) is 2. The highest BCUT2D eigenvalue weighted by Crippen LogP contribution is 2.29. The molecule has 0 radical (unpaired) electrons. The van der Waals surface area contributed by atoms with E-state index in [1.54, 1.807) is 56.8 Å². The zero-order valence-corrected chi connectivity index (χ0v) is 18.4. The molecule has 168 valence electrons. The fourth-order valence-electron chi connectivity index (χ4n) is 3.59. The van der Waals surface area contributed by atoms with Gasteiger partial charge >= 0.3 is 0 Å². The van der Waals surface area contributed by atoms with E-state index in [4.69, 9.17) is 9.47 Å². The minimum absolute atomic E-state index is 0.231. The number of hydrazone groups is 1. The van der Waals surface area contributed by atoms with Gasteiger partial charge in [-0.2, -0.15) is 5.10 Å². The van der Waals surface area contributed by atoms with E-state index in [2.05, 4.69) is 15.4 Å². The summed E-state index contributed by atoms with van der Waals surface area (Å²) in [6.45, 7) is 0.516. The molecule has 2 amide bonds. The number of hydrogen-bond donors (Lipinski definition) is 1. The van der Waals surface area contributed by atoms with Crippen LogP contribution < -0.4 is 14.8 Å². The first-order valence-corrected chi connectivity index (χ1v) is 10.5. The maximum atomic E-state index is 13.2. The molecule has 8 heteroatoms. The van der Waals surface area contributed by atoms with Gasteiger partial charge < -0.3 is 14.8 Å². The highest BCUT2D eigenvalue weighted by Gasteiger charge is 2.22. The maximum Gasteiger partial charge on any atom is 0.274 e. The van der Waals surface area contributed by atoms with Crippen molar-refractivity contribution in [2.75, 3.05) is 26.1 Å². The number of methoxy groups -OCH3 is 2. The smallest absolute Gasteiger partial charge is 0.274 e. The summed E-state index contributed by atoms with van der Waals surface area (Å²) in [6, 6.07) is 15.8. The summed E-state index contributed by atoms with van der Waals surface area (Å²) in [4.78, 5) is 29.5. The molecule has 4 rings (SSSR count). The second kappa shape index (κ2) is 9.95. The maximum absolute atomic E-state index is 13.2. The number of aromatic nitrogens is 1. The first-order chi connectivity index (χ1) is 16.1. The first kappa shape index (κ1) is 22.0. The van der Waals surface area contributed by atoms with E-state index in [1.165, 1.54) is 11.2 Å². The molecule has 33 heavy (non-hydrogen) atoms. The van der Waals surface area contributed by atoms with Gasteiger partial charge in [0.25, 0.3) is 11.8 Å². The fraction of sp³-hybridized carbons (Fsp3) is 0.200. The molecule has 0 bridgehead atoms. The van der Waals surface area contributed by atoms with E-state index in [0.29, 0.717) is 34.9 Å². The molecule has 0 fully saturated rings. The molecule has 0 aliphatic carbocycles. The molecule has 0 saturated heterocycles. The molecule has 1 aliphatic rings. The van der Waals surface area contributed by atoms with Crippen LogP contribution in [-0.2, 0) is 0 Å². The summed E-state index contributed by atoms with van der Waals surface area (Å²) < 4.78 is 10.7. The third kappa shape index (κ3) is 5.01. The Morgan fingerprint density at radius 3 is 2.55 bits per heavy atom. The van der Waals surface area contributed by atoms with E-state index >= 15 is 0 Å². The molecule has 1 N–H and O–H groups in total. The minimum atomic E-state index is -0.292. The number of rotatable bonds is 6. The van der Waals surface area contributed by atoms with Crippen LogP contribution in [0.4, 0.5) is 5.69 Å². The molecular weight excluding hydrogens is 420 g/mol. The third-order valence-electron chi connectivity index (χ3n) is 5.27. The summed E-state index contributed by atoms with van der Waals surface area (Å²) in [6.07, 6.45) is 4.63. The summed E-state index contributed by atoms with van der Waals surface area (Å²) in [5.74, 6) is 0.721.